The number of hydrogen-bond donors (Lipinski definition) is 0. The Morgan fingerprint density at radius 3 is 2.56 bits per heavy atom. The molecule has 2 aliphatic heterocycles. The first kappa shape index (κ1) is 18.4. The zero-order chi connectivity index (χ0) is 19.2. The summed E-state index contributed by atoms with van der Waals surface area (Å²) >= 11 is 0. The molecule has 0 unspecified atom stereocenters. The number of fused-ring (bicyclic) bond motifs is 3. The van der Waals surface area contributed by atoms with Gasteiger partial charge in [-0.25, -0.2) is 12.8 Å². The Kier molecular flexibility index (Phi) is 4.72. The van der Waals surface area contributed by atoms with E-state index in [0.29, 0.717) is 12.0 Å². The zero-order valence-corrected chi connectivity index (χ0v) is 16.5. The van der Waals surface area contributed by atoms with Gasteiger partial charge in [0, 0.05) is 31.2 Å². The minimum Gasteiger partial charge on any atom is -0.371 e. The van der Waals surface area contributed by atoms with Crippen LogP contribution in [-0.2, 0) is 9.84 Å². The zero-order valence-electron chi connectivity index (χ0n) is 15.7. The average Bonchev–Trinajstić information content (AvgIpc) is 2.82. The first-order chi connectivity index (χ1) is 12.9. The molecule has 0 spiro atoms. The van der Waals surface area contributed by atoms with E-state index in [1.807, 2.05) is 12.1 Å². The molecule has 1 fully saturated rings. The second kappa shape index (κ2) is 6.91. The Hall–Kier alpha value is -1.92. The lowest BCUT2D eigenvalue weighted by Gasteiger charge is -2.25. The van der Waals surface area contributed by atoms with Crippen LogP contribution < -0.4 is 4.90 Å². The van der Waals surface area contributed by atoms with Crippen molar-refractivity contribution in [1.82, 2.24) is 4.90 Å². The summed E-state index contributed by atoms with van der Waals surface area (Å²) in [7, 11) is -1.63. The molecule has 2 atom stereocenters. The van der Waals surface area contributed by atoms with E-state index < -0.39 is 15.7 Å². The number of likely N-dealkylation sites (tertiary alicyclic amines) is 1. The van der Waals surface area contributed by atoms with Crippen LogP contribution >= 0.6 is 0 Å². The van der Waals surface area contributed by atoms with Crippen LogP contribution in [0.2, 0.25) is 0 Å². The number of benzene rings is 2. The van der Waals surface area contributed by atoms with E-state index in [0.717, 1.165) is 49.8 Å². The number of anilines is 1. The Morgan fingerprint density at radius 1 is 1.07 bits per heavy atom. The maximum Gasteiger partial charge on any atom is 0.206 e. The Bertz CT molecular complexity index is 960. The number of halogens is 1. The molecule has 0 N–H and O–H groups in total. The summed E-state index contributed by atoms with van der Waals surface area (Å²) in [6.07, 6.45) is 2.11. The van der Waals surface area contributed by atoms with E-state index in [1.54, 1.807) is 6.07 Å². The fourth-order valence-electron chi connectivity index (χ4n) is 4.55. The fraction of sp³-hybridized carbons (Fsp3) is 0.429. The summed E-state index contributed by atoms with van der Waals surface area (Å²) in [5.74, 6) is -0.204. The SMILES string of the molecule is CCN1CC[C@@H]2c3cc(S(=O)(=O)c4cccc(F)c4)ccc3N(C)[C@H]2CC1. The molecule has 0 aromatic heterocycles. The molecule has 4 nitrogen and oxygen atoms in total. The molecule has 2 aromatic rings. The predicted octanol–water partition coefficient (Wildman–Crippen LogP) is 3.68. The van der Waals surface area contributed by atoms with Gasteiger partial charge in [0.1, 0.15) is 5.82 Å². The van der Waals surface area contributed by atoms with Gasteiger partial charge in [0.05, 0.1) is 9.79 Å². The van der Waals surface area contributed by atoms with Gasteiger partial charge in [-0.2, -0.15) is 0 Å². The summed E-state index contributed by atoms with van der Waals surface area (Å²) in [5, 5.41) is 0. The van der Waals surface area contributed by atoms with Crippen molar-refractivity contribution in [1.29, 1.82) is 0 Å². The summed E-state index contributed by atoms with van der Waals surface area (Å²) in [4.78, 5) is 5.01. The molecule has 0 aliphatic carbocycles. The van der Waals surface area contributed by atoms with Gasteiger partial charge >= 0.3 is 0 Å². The first-order valence-corrected chi connectivity index (χ1v) is 11.0. The number of rotatable bonds is 3. The Balaban J connectivity index is 1.73. The minimum absolute atomic E-state index is 0.00313. The largest absolute Gasteiger partial charge is 0.371 e. The van der Waals surface area contributed by atoms with Gasteiger partial charge < -0.3 is 9.80 Å². The topological polar surface area (TPSA) is 40.6 Å². The highest BCUT2D eigenvalue weighted by Gasteiger charge is 2.38. The molecule has 2 heterocycles. The molecule has 2 aliphatic rings. The van der Waals surface area contributed by atoms with E-state index in [2.05, 4.69) is 23.8 Å². The van der Waals surface area contributed by atoms with Crippen LogP contribution in [-0.4, -0.2) is 46.0 Å². The van der Waals surface area contributed by atoms with Crippen LogP contribution in [0.1, 0.15) is 31.2 Å². The normalized spacial score (nSPS) is 23.0. The van der Waals surface area contributed by atoms with Gasteiger partial charge in [-0.3, -0.25) is 0 Å². The maximum absolute atomic E-state index is 13.5. The molecule has 1 saturated heterocycles. The van der Waals surface area contributed by atoms with Crippen LogP contribution in [0.15, 0.2) is 52.3 Å². The van der Waals surface area contributed by atoms with E-state index in [-0.39, 0.29) is 9.79 Å². The van der Waals surface area contributed by atoms with Crippen molar-refractivity contribution in [2.45, 2.75) is 41.5 Å². The molecule has 2 aromatic carbocycles. The summed E-state index contributed by atoms with van der Waals surface area (Å²) in [6.45, 7) is 5.34. The van der Waals surface area contributed by atoms with E-state index >= 15 is 0 Å². The van der Waals surface area contributed by atoms with Crippen molar-refractivity contribution in [3.8, 4) is 0 Å². The highest BCUT2D eigenvalue weighted by atomic mass is 32.2. The lowest BCUT2D eigenvalue weighted by atomic mass is 9.91. The fourth-order valence-corrected chi connectivity index (χ4v) is 5.88. The molecule has 0 saturated carbocycles. The monoisotopic (exact) mass is 388 g/mol. The van der Waals surface area contributed by atoms with Crippen LogP contribution in [0, 0.1) is 5.82 Å². The summed E-state index contributed by atoms with van der Waals surface area (Å²) in [6, 6.07) is 11.0. The third kappa shape index (κ3) is 3.15. The van der Waals surface area contributed by atoms with Gasteiger partial charge in [-0.05, 0) is 67.9 Å². The molecule has 0 bridgehead atoms. The minimum atomic E-state index is -3.73. The Morgan fingerprint density at radius 2 is 1.81 bits per heavy atom. The van der Waals surface area contributed by atoms with Gasteiger partial charge in [0.2, 0.25) is 9.84 Å². The number of hydrogen-bond acceptors (Lipinski definition) is 4. The van der Waals surface area contributed by atoms with Crippen molar-refractivity contribution in [3.05, 3.63) is 53.8 Å². The van der Waals surface area contributed by atoms with Gasteiger partial charge in [0.25, 0.3) is 0 Å². The lowest BCUT2D eigenvalue weighted by Crippen LogP contribution is -2.31. The highest BCUT2D eigenvalue weighted by molar-refractivity contribution is 7.91. The van der Waals surface area contributed by atoms with Crippen molar-refractivity contribution in [3.63, 3.8) is 0 Å². The number of sulfone groups is 1. The van der Waals surface area contributed by atoms with E-state index in [4.69, 9.17) is 0 Å². The van der Waals surface area contributed by atoms with Crippen molar-refractivity contribution >= 4 is 15.5 Å². The Labute approximate surface area is 160 Å². The molecule has 27 heavy (non-hydrogen) atoms. The van der Waals surface area contributed by atoms with Crippen molar-refractivity contribution in [2.75, 3.05) is 31.6 Å². The predicted molar refractivity (Wildman–Crippen MR) is 105 cm³/mol. The highest BCUT2D eigenvalue weighted by Crippen LogP contribution is 2.45. The van der Waals surface area contributed by atoms with Crippen LogP contribution in [0.3, 0.4) is 0 Å². The standard InChI is InChI=1S/C21H25FN2O2S/c1-3-24-11-9-18-19-14-17(7-8-20(19)23(2)21(18)10-12-24)27(25,26)16-6-4-5-15(22)13-16/h4-8,13-14,18,21H,3,9-12H2,1-2H3/t18-,21+/m1/s1. The molecule has 0 radical (unpaired) electrons. The first-order valence-electron chi connectivity index (χ1n) is 9.51. The van der Waals surface area contributed by atoms with E-state index in [9.17, 15) is 12.8 Å². The summed E-state index contributed by atoms with van der Waals surface area (Å²) < 4.78 is 39.6. The molecular formula is C21H25FN2O2S. The maximum atomic E-state index is 13.5. The molecular weight excluding hydrogens is 363 g/mol. The molecule has 0 amide bonds. The summed E-state index contributed by atoms with van der Waals surface area (Å²) in [5.41, 5.74) is 2.23. The van der Waals surface area contributed by atoms with Gasteiger partial charge in [-0.15, -0.1) is 0 Å². The van der Waals surface area contributed by atoms with E-state index in [1.165, 1.54) is 18.2 Å². The van der Waals surface area contributed by atoms with Crippen LogP contribution in [0.25, 0.3) is 0 Å². The smallest absolute Gasteiger partial charge is 0.206 e. The average molecular weight is 389 g/mol. The second-order valence-electron chi connectivity index (χ2n) is 7.48. The van der Waals surface area contributed by atoms with Gasteiger partial charge in [-0.1, -0.05) is 13.0 Å². The molecule has 144 valence electrons. The van der Waals surface area contributed by atoms with Crippen LogP contribution in [0.5, 0.6) is 0 Å². The van der Waals surface area contributed by atoms with Gasteiger partial charge in [0.15, 0.2) is 0 Å². The molecule has 4 rings (SSSR count). The number of likely N-dealkylation sites (N-methyl/N-ethyl adjacent to an activating group) is 1. The quantitative estimate of drug-likeness (QED) is 0.804. The van der Waals surface area contributed by atoms with Crippen molar-refractivity contribution < 1.29 is 12.8 Å². The van der Waals surface area contributed by atoms with Crippen LogP contribution in [0.4, 0.5) is 10.1 Å². The van der Waals surface area contributed by atoms with Crippen molar-refractivity contribution in [2.24, 2.45) is 0 Å². The molecule has 6 heteroatoms. The number of nitrogens with zero attached hydrogens (tertiary/aromatic N) is 2. The lowest BCUT2D eigenvalue weighted by molar-refractivity contribution is 0.298. The second-order valence-corrected chi connectivity index (χ2v) is 9.43. The third-order valence-electron chi connectivity index (χ3n) is 6.10. The third-order valence-corrected chi connectivity index (χ3v) is 7.85.